The summed E-state index contributed by atoms with van der Waals surface area (Å²) in [5, 5.41) is 7.90. The average molecular weight is 372 g/mol. The number of rotatable bonds is 3. The highest BCUT2D eigenvalue weighted by atomic mass is 35.5. The van der Waals surface area contributed by atoms with Gasteiger partial charge in [0.2, 0.25) is 6.79 Å². The van der Waals surface area contributed by atoms with Gasteiger partial charge in [-0.15, -0.1) is 5.01 Å². The molecule has 1 N–H and O–H groups in total. The van der Waals surface area contributed by atoms with Crippen LogP contribution in [0.2, 0.25) is 5.02 Å². The third-order valence-electron chi connectivity index (χ3n) is 4.29. The Morgan fingerprint density at radius 3 is 2.77 bits per heavy atom. The first-order valence-corrected chi connectivity index (χ1v) is 8.22. The van der Waals surface area contributed by atoms with Crippen LogP contribution in [-0.4, -0.2) is 30.0 Å². The number of nitrogens with zero attached hydrogens (tertiary/aromatic N) is 2. The number of hydrazone groups is 1. The molecule has 0 aliphatic carbocycles. The van der Waals surface area contributed by atoms with E-state index < -0.39 is 17.5 Å². The van der Waals surface area contributed by atoms with Gasteiger partial charge >= 0.3 is 6.03 Å². The molecular weight excluding hydrogens is 358 g/mol. The van der Waals surface area contributed by atoms with Crippen LogP contribution in [0.3, 0.4) is 0 Å². The van der Waals surface area contributed by atoms with Gasteiger partial charge in [-0.25, -0.2) is 4.79 Å². The number of hydrogen-bond acceptors (Lipinski definition) is 5. The van der Waals surface area contributed by atoms with Gasteiger partial charge in [0.15, 0.2) is 11.5 Å². The van der Waals surface area contributed by atoms with E-state index in [2.05, 4.69) is 10.4 Å². The SMILES string of the molecule is C[C@]1(c2ccccc2)NC(=O)N(/N=C\c2cc(Cl)c3c(c2)OCO3)C1=O. The summed E-state index contributed by atoms with van der Waals surface area (Å²) in [6.45, 7) is 1.74. The number of fused-ring (bicyclic) bond motifs is 1. The molecule has 1 saturated heterocycles. The molecule has 2 aliphatic rings. The van der Waals surface area contributed by atoms with Crippen LogP contribution in [0.5, 0.6) is 11.5 Å². The molecule has 26 heavy (non-hydrogen) atoms. The maximum absolute atomic E-state index is 12.8. The fraction of sp³-hybridized carbons (Fsp3) is 0.167. The van der Waals surface area contributed by atoms with Gasteiger partial charge < -0.3 is 14.8 Å². The number of imide groups is 1. The number of carbonyl (C=O) groups is 2. The van der Waals surface area contributed by atoms with Gasteiger partial charge in [-0.3, -0.25) is 4.79 Å². The number of hydrogen-bond donors (Lipinski definition) is 1. The average Bonchev–Trinajstić information content (AvgIpc) is 3.19. The van der Waals surface area contributed by atoms with Crippen LogP contribution in [-0.2, 0) is 10.3 Å². The maximum atomic E-state index is 12.8. The number of amides is 3. The van der Waals surface area contributed by atoms with Crippen molar-refractivity contribution in [3.63, 3.8) is 0 Å². The Labute approximate surface area is 154 Å². The molecule has 2 aromatic rings. The number of carbonyl (C=O) groups excluding carboxylic acids is 2. The van der Waals surface area contributed by atoms with Crippen LogP contribution in [0, 0.1) is 0 Å². The number of halogens is 1. The summed E-state index contributed by atoms with van der Waals surface area (Å²) in [4.78, 5) is 25.0. The van der Waals surface area contributed by atoms with Crippen molar-refractivity contribution in [1.29, 1.82) is 0 Å². The van der Waals surface area contributed by atoms with Crippen molar-refractivity contribution in [2.75, 3.05) is 6.79 Å². The van der Waals surface area contributed by atoms with Crippen molar-refractivity contribution in [2.24, 2.45) is 5.10 Å². The van der Waals surface area contributed by atoms with E-state index >= 15 is 0 Å². The lowest BCUT2D eigenvalue weighted by atomic mass is 9.92. The smallest absolute Gasteiger partial charge is 0.346 e. The molecule has 4 rings (SSSR count). The number of benzene rings is 2. The molecule has 2 heterocycles. The third-order valence-corrected chi connectivity index (χ3v) is 4.57. The molecule has 1 atom stereocenters. The summed E-state index contributed by atoms with van der Waals surface area (Å²) in [6.07, 6.45) is 1.38. The minimum atomic E-state index is -1.16. The van der Waals surface area contributed by atoms with Crippen LogP contribution in [0.25, 0.3) is 0 Å². The van der Waals surface area contributed by atoms with Crippen LogP contribution in [0.1, 0.15) is 18.1 Å². The highest BCUT2D eigenvalue weighted by Crippen LogP contribution is 2.39. The van der Waals surface area contributed by atoms with E-state index in [9.17, 15) is 9.59 Å². The number of nitrogens with one attached hydrogen (secondary N) is 1. The molecule has 0 unspecified atom stereocenters. The van der Waals surface area contributed by atoms with Gasteiger partial charge in [0.05, 0.1) is 11.2 Å². The lowest BCUT2D eigenvalue weighted by molar-refractivity contribution is -0.131. The predicted octanol–water partition coefficient (Wildman–Crippen LogP) is 2.87. The molecule has 8 heteroatoms. The quantitative estimate of drug-likeness (QED) is 0.664. The maximum Gasteiger partial charge on any atom is 0.346 e. The molecule has 0 saturated carbocycles. The molecule has 0 aromatic heterocycles. The first kappa shape index (κ1) is 16.4. The van der Waals surface area contributed by atoms with Crippen molar-refractivity contribution < 1.29 is 19.1 Å². The summed E-state index contributed by atoms with van der Waals surface area (Å²) < 4.78 is 10.5. The molecule has 0 spiro atoms. The third kappa shape index (κ3) is 2.57. The normalized spacial score (nSPS) is 21.5. The molecule has 0 bridgehead atoms. The van der Waals surface area contributed by atoms with Crippen LogP contribution < -0.4 is 14.8 Å². The topological polar surface area (TPSA) is 80.2 Å². The number of urea groups is 1. The van der Waals surface area contributed by atoms with Gasteiger partial charge in [0.1, 0.15) is 5.54 Å². The second-order valence-corrected chi connectivity index (χ2v) is 6.43. The fourth-order valence-corrected chi connectivity index (χ4v) is 3.16. The van der Waals surface area contributed by atoms with Gasteiger partial charge in [0.25, 0.3) is 5.91 Å². The zero-order valence-electron chi connectivity index (χ0n) is 13.7. The number of ether oxygens (including phenoxy) is 2. The summed E-state index contributed by atoms with van der Waals surface area (Å²) in [5.74, 6) is 0.498. The van der Waals surface area contributed by atoms with E-state index in [4.69, 9.17) is 21.1 Å². The van der Waals surface area contributed by atoms with Crippen molar-refractivity contribution in [3.05, 3.63) is 58.6 Å². The zero-order valence-corrected chi connectivity index (χ0v) is 14.5. The molecule has 132 valence electrons. The molecule has 2 aliphatic heterocycles. The van der Waals surface area contributed by atoms with Gasteiger partial charge in [-0.2, -0.15) is 5.10 Å². The van der Waals surface area contributed by atoms with Crippen molar-refractivity contribution in [2.45, 2.75) is 12.5 Å². The van der Waals surface area contributed by atoms with Gasteiger partial charge in [-0.1, -0.05) is 41.9 Å². The largest absolute Gasteiger partial charge is 0.454 e. The minimum absolute atomic E-state index is 0.0953. The Kier molecular flexibility index (Phi) is 3.81. The summed E-state index contributed by atoms with van der Waals surface area (Å²) in [6, 6.07) is 11.7. The Hall–Kier alpha value is -3.06. The van der Waals surface area contributed by atoms with Gasteiger partial charge in [-0.05, 0) is 30.2 Å². The van der Waals surface area contributed by atoms with E-state index in [1.807, 2.05) is 6.07 Å². The Bertz CT molecular complexity index is 932. The second kappa shape index (κ2) is 6.03. The molecular formula is C18H14ClN3O4. The summed E-state index contributed by atoms with van der Waals surface area (Å²) in [5.41, 5.74) is 0.0951. The van der Waals surface area contributed by atoms with E-state index in [-0.39, 0.29) is 6.79 Å². The van der Waals surface area contributed by atoms with Crippen LogP contribution >= 0.6 is 11.6 Å². The minimum Gasteiger partial charge on any atom is -0.454 e. The van der Waals surface area contributed by atoms with Gasteiger partial charge in [0, 0.05) is 0 Å². The van der Waals surface area contributed by atoms with E-state index in [1.165, 1.54) is 6.21 Å². The summed E-state index contributed by atoms with van der Waals surface area (Å²) in [7, 11) is 0. The predicted molar refractivity (Wildman–Crippen MR) is 94.3 cm³/mol. The Balaban J connectivity index is 1.61. The second-order valence-electron chi connectivity index (χ2n) is 6.02. The Morgan fingerprint density at radius 1 is 1.23 bits per heavy atom. The van der Waals surface area contributed by atoms with Crippen LogP contribution in [0.15, 0.2) is 47.6 Å². The van der Waals surface area contributed by atoms with E-state index in [1.54, 1.807) is 43.3 Å². The van der Waals surface area contributed by atoms with Crippen LogP contribution in [0.4, 0.5) is 4.79 Å². The highest BCUT2D eigenvalue weighted by Gasteiger charge is 2.49. The zero-order chi connectivity index (χ0) is 18.3. The van der Waals surface area contributed by atoms with E-state index in [0.717, 1.165) is 5.01 Å². The van der Waals surface area contributed by atoms with Crippen molar-refractivity contribution in [1.82, 2.24) is 10.3 Å². The molecule has 2 aromatic carbocycles. The Morgan fingerprint density at radius 2 is 2.00 bits per heavy atom. The van der Waals surface area contributed by atoms with E-state index in [0.29, 0.717) is 27.6 Å². The fourth-order valence-electron chi connectivity index (χ4n) is 2.88. The first-order valence-electron chi connectivity index (χ1n) is 7.84. The summed E-state index contributed by atoms with van der Waals surface area (Å²) >= 11 is 6.13. The standard InChI is InChI=1S/C18H14ClN3O4/c1-18(12-5-3-2-4-6-12)16(23)22(17(24)21-18)20-9-11-7-13(19)15-14(8-11)25-10-26-15/h2-9H,10H2,1H3,(H,21,24)/b20-9-/t18-/m1/s1. The molecule has 3 amide bonds. The monoisotopic (exact) mass is 371 g/mol. The lowest BCUT2D eigenvalue weighted by Crippen LogP contribution is -2.40. The molecule has 0 radical (unpaired) electrons. The highest BCUT2D eigenvalue weighted by molar-refractivity contribution is 6.32. The van der Waals surface area contributed by atoms with Crippen molar-refractivity contribution >= 4 is 29.8 Å². The first-order chi connectivity index (χ1) is 12.5. The molecule has 7 nitrogen and oxygen atoms in total. The van der Waals surface area contributed by atoms with Crippen molar-refractivity contribution in [3.8, 4) is 11.5 Å². The lowest BCUT2D eigenvalue weighted by Gasteiger charge is -2.20. The molecule has 1 fully saturated rings.